The quantitative estimate of drug-likeness (QED) is 0.795. The number of aromatic nitrogens is 2. The smallest absolute Gasteiger partial charge is 0.135 e. The third kappa shape index (κ3) is 3.05. The largest absolute Gasteiger partial charge is 0.353 e. The average Bonchev–Trinajstić information content (AvgIpc) is 2.45. The Hall–Kier alpha value is -1.16. The number of fused-ring (bicyclic) bond motifs is 1. The molecule has 0 spiro atoms. The van der Waals surface area contributed by atoms with Crippen LogP contribution in [-0.4, -0.2) is 47.6 Å². The highest BCUT2D eigenvalue weighted by Gasteiger charge is 2.35. The number of hydrogen-bond donors (Lipinski definition) is 0. The molecule has 3 rings (SSSR count). The van der Waals surface area contributed by atoms with E-state index in [1.807, 2.05) is 6.20 Å². The van der Waals surface area contributed by atoms with Gasteiger partial charge >= 0.3 is 0 Å². The first kappa shape index (κ1) is 14.8. The zero-order valence-corrected chi connectivity index (χ0v) is 13.8. The summed E-state index contributed by atoms with van der Waals surface area (Å²) in [6.07, 6.45) is 5.84. The molecule has 116 valence electrons. The zero-order valence-electron chi connectivity index (χ0n) is 13.8. The van der Waals surface area contributed by atoms with Gasteiger partial charge in [0.05, 0.1) is 0 Å². The monoisotopic (exact) mass is 288 g/mol. The molecule has 0 unspecified atom stereocenters. The van der Waals surface area contributed by atoms with Gasteiger partial charge < -0.3 is 9.80 Å². The second kappa shape index (κ2) is 5.56. The summed E-state index contributed by atoms with van der Waals surface area (Å²) >= 11 is 0. The van der Waals surface area contributed by atoms with E-state index in [0.717, 1.165) is 24.1 Å². The topological polar surface area (TPSA) is 32.3 Å². The molecule has 0 bridgehead atoms. The van der Waals surface area contributed by atoms with Crippen molar-refractivity contribution in [1.82, 2.24) is 14.9 Å². The van der Waals surface area contributed by atoms with Crippen molar-refractivity contribution in [3.05, 3.63) is 18.1 Å². The van der Waals surface area contributed by atoms with Crippen LogP contribution < -0.4 is 4.90 Å². The van der Waals surface area contributed by atoms with Crippen LogP contribution in [0.1, 0.15) is 45.9 Å². The number of nitrogens with zero attached hydrogens (tertiary/aromatic N) is 4. The molecule has 2 atom stereocenters. The second-order valence-corrected chi connectivity index (χ2v) is 7.70. The van der Waals surface area contributed by atoms with E-state index in [-0.39, 0.29) is 5.41 Å². The van der Waals surface area contributed by atoms with Crippen molar-refractivity contribution in [1.29, 1.82) is 0 Å². The fourth-order valence-corrected chi connectivity index (χ4v) is 3.74. The van der Waals surface area contributed by atoms with Crippen molar-refractivity contribution in [3.63, 3.8) is 0 Å². The second-order valence-electron chi connectivity index (χ2n) is 7.70. The number of anilines is 1. The molecule has 0 aliphatic carbocycles. The Labute approximate surface area is 128 Å². The van der Waals surface area contributed by atoms with Crippen LogP contribution in [0, 0.1) is 5.92 Å². The lowest BCUT2D eigenvalue weighted by atomic mass is 9.84. The first-order valence-corrected chi connectivity index (χ1v) is 8.24. The SMILES string of the molecule is CN1CC[C@@H]2[C@H](CCCN2c2ccnc(C(C)(C)C)n2)C1. The summed E-state index contributed by atoms with van der Waals surface area (Å²) in [6.45, 7) is 10.1. The third-order valence-electron chi connectivity index (χ3n) is 4.88. The molecule has 1 aromatic rings. The maximum Gasteiger partial charge on any atom is 0.135 e. The van der Waals surface area contributed by atoms with Gasteiger partial charge in [0, 0.05) is 30.7 Å². The third-order valence-corrected chi connectivity index (χ3v) is 4.88. The van der Waals surface area contributed by atoms with E-state index in [0.29, 0.717) is 6.04 Å². The minimum absolute atomic E-state index is 0.0119. The molecule has 2 aliphatic rings. The Bertz CT molecular complexity index is 494. The van der Waals surface area contributed by atoms with Crippen molar-refractivity contribution in [2.45, 2.75) is 51.5 Å². The molecule has 0 N–H and O–H groups in total. The van der Waals surface area contributed by atoms with Crippen LogP contribution >= 0.6 is 0 Å². The molecular weight excluding hydrogens is 260 g/mol. The van der Waals surface area contributed by atoms with Gasteiger partial charge in [0.1, 0.15) is 11.6 Å². The number of rotatable bonds is 1. The van der Waals surface area contributed by atoms with Gasteiger partial charge in [-0.15, -0.1) is 0 Å². The zero-order chi connectivity index (χ0) is 15.0. The van der Waals surface area contributed by atoms with Crippen molar-refractivity contribution in [3.8, 4) is 0 Å². The summed E-state index contributed by atoms with van der Waals surface area (Å²) < 4.78 is 0. The summed E-state index contributed by atoms with van der Waals surface area (Å²) in [5.74, 6) is 2.88. The Morgan fingerprint density at radius 3 is 2.76 bits per heavy atom. The molecular formula is C17H28N4. The molecule has 2 aliphatic heterocycles. The lowest BCUT2D eigenvalue weighted by Crippen LogP contribution is -2.53. The average molecular weight is 288 g/mol. The molecule has 0 radical (unpaired) electrons. The van der Waals surface area contributed by atoms with Crippen LogP contribution in [0.15, 0.2) is 12.3 Å². The standard InChI is InChI=1S/C17H28N4/c1-17(2,3)16-18-9-7-15(19-16)21-10-5-6-13-12-20(4)11-8-14(13)21/h7,9,13-14H,5-6,8,10-12H2,1-4H3/t13-,14-/m1/s1. The van der Waals surface area contributed by atoms with E-state index < -0.39 is 0 Å². The molecule has 0 aromatic carbocycles. The predicted octanol–water partition coefficient (Wildman–Crippen LogP) is 2.69. The van der Waals surface area contributed by atoms with Gasteiger partial charge in [-0.2, -0.15) is 0 Å². The fraction of sp³-hybridized carbons (Fsp3) is 0.765. The highest BCUT2D eigenvalue weighted by atomic mass is 15.3. The summed E-state index contributed by atoms with van der Waals surface area (Å²) in [5, 5.41) is 0. The van der Waals surface area contributed by atoms with Gasteiger partial charge in [-0.3, -0.25) is 0 Å². The Kier molecular flexibility index (Phi) is 3.91. The summed E-state index contributed by atoms with van der Waals surface area (Å²) in [5.41, 5.74) is 0.0119. The van der Waals surface area contributed by atoms with Crippen LogP contribution in [-0.2, 0) is 5.41 Å². The van der Waals surface area contributed by atoms with Crippen LogP contribution in [0.25, 0.3) is 0 Å². The van der Waals surface area contributed by atoms with Crippen LogP contribution in [0.3, 0.4) is 0 Å². The lowest BCUT2D eigenvalue weighted by molar-refractivity contribution is 0.154. The minimum Gasteiger partial charge on any atom is -0.353 e. The molecule has 3 heterocycles. The number of likely N-dealkylation sites (tertiary alicyclic amines) is 1. The summed E-state index contributed by atoms with van der Waals surface area (Å²) in [7, 11) is 2.25. The van der Waals surface area contributed by atoms with Crippen molar-refractivity contribution < 1.29 is 0 Å². The number of piperidine rings is 2. The molecule has 0 saturated carbocycles. The Morgan fingerprint density at radius 1 is 1.19 bits per heavy atom. The van der Waals surface area contributed by atoms with Crippen LogP contribution in [0.5, 0.6) is 0 Å². The molecule has 1 aromatic heterocycles. The molecule has 4 heteroatoms. The first-order chi connectivity index (χ1) is 9.95. The molecule has 2 fully saturated rings. The van der Waals surface area contributed by atoms with E-state index in [9.17, 15) is 0 Å². The van der Waals surface area contributed by atoms with Crippen molar-refractivity contribution in [2.24, 2.45) is 5.92 Å². The highest BCUT2D eigenvalue weighted by molar-refractivity contribution is 5.40. The molecule has 21 heavy (non-hydrogen) atoms. The van der Waals surface area contributed by atoms with E-state index in [4.69, 9.17) is 4.98 Å². The van der Waals surface area contributed by atoms with Gasteiger partial charge in [-0.05, 0) is 44.8 Å². The van der Waals surface area contributed by atoms with E-state index in [1.165, 1.54) is 32.4 Å². The molecule has 0 amide bonds. The first-order valence-electron chi connectivity index (χ1n) is 8.24. The van der Waals surface area contributed by atoms with Crippen molar-refractivity contribution in [2.75, 3.05) is 31.6 Å². The number of hydrogen-bond acceptors (Lipinski definition) is 4. The van der Waals surface area contributed by atoms with E-state index in [1.54, 1.807) is 0 Å². The van der Waals surface area contributed by atoms with Gasteiger partial charge in [0.15, 0.2) is 0 Å². The van der Waals surface area contributed by atoms with Gasteiger partial charge in [-0.1, -0.05) is 20.8 Å². The summed E-state index contributed by atoms with van der Waals surface area (Å²) in [4.78, 5) is 14.4. The normalized spacial score (nSPS) is 27.5. The maximum absolute atomic E-state index is 4.88. The van der Waals surface area contributed by atoms with Crippen LogP contribution in [0.4, 0.5) is 5.82 Å². The Morgan fingerprint density at radius 2 is 2.00 bits per heavy atom. The maximum atomic E-state index is 4.88. The van der Waals surface area contributed by atoms with Crippen molar-refractivity contribution >= 4 is 5.82 Å². The highest BCUT2D eigenvalue weighted by Crippen LogP contribution is 2.33. The van der Waals surface area contributed by atoms with Gasteiger partial charge in [-0.25, -0.2) is 9.97 Å². The molecule has 2 saturated heterocycles. The van der Waals surface area contributed by atoms with E-state index in [2.05, 4.69) is 48.7 Å². The lowest BCUT2D eigenvalue weighted by Gasteiger charge is -2.47. The Balaban J connectivity index is 1.85. The van der Waals surface area contributed by atoms with E-state index >= 15 is 0 Å². The van der Waals surface area contributed by atoms with Crippen LogP contribution in [0.2, 0.25) is 0 Å². The fourth-order valence-electron chi connectivity index (χ4n) is 3.74. The molecule has 4 nitrogen and oxygen atoms in total. The van der Waals surface area contributed by atoms with Gasteiger partial charge in [0.25, 0.3) is 0 Å². The predicted molar refractivity (Wildman–Crippen MR) is 86.7 cm³/mol. The van der Waals surface area contributed by atoms with Gasteiger partial charge in [0.2, 0.25) is 0 Å². The minimum atomic E-state index is 0.0119. The summed E-state index contributed by atoms with van der Waals surface area (Å²) in [6, 6.07) is 2.76.